The molecule has 2 aromatic carbocycles. The molecule has 1 heteroatoms. The Morgan fingerprint density at radius 1 is 0.680 bits per heavy atom. The van der Waals surface area contributed by atoms with Crippen LogP contribution in [0.1, 0.15) is 57.1 Å². The Balaban J connectivity index is 1.76. The summed E-state index contributed by atoms with van der Waals surface area (Å²) in [4.78, 5) is 4.87. The van der Waals surface area contributed by atoms with Crippen molar-refractivity contribution in [3.8, 4) is 11.3 Å². The van der Waals surface area contributed by atoms with E-state index in [1.807, 2.05) is 0 Å². The van der Waals surface area contributed by atoms with E-state index < -0.39 is 0 Å². The van der Waals surface area contributed by atoms with Crippen LogP contribution in [0.4, 0.5) is 0 Å². The van der Waals surface area contributed by atoms with Gasteiger partial charge in [-0.15, -0.1) is 0 Å². The third-order valence-electron chi connectivity index (χ3n) is 4.89. The minimum absolute atomic E-state index is 1.06. The molecule has 1 heterocycles. The molecule has 0 unspecified atom stereocenters. The zero-order valence-corrected chi connectivity index (χ0v) is 15.6. The minimum Gasteiger partial charge on any atom is -0.248 e. The van der Waals surface area contributed by atoms with Gasteiger partial charge in [-0.05, 0) is 55.0 Å². The Labute approximate surface area is 152 Å². The summed E-state index contributed by atoms with van der Waals surface area (Å²) in [5.41, 5.74) is 6.20. The van der Waals surface area contributed by atoms with Gasteiger partial charge in [0, 0.05) is 10.9 Å². The molecular formula is C24H29N. The van der Waals surface area contributed by atoms with E-state index in [-0.39, 0.29) is 0 Å². The molecule has 0 bridgehead atoms. The molecule has 3 rings (SSSR count). The van der Waals surface area contributed by atoms with Gasteiger partial charge >= 0.3 is 0 Å². The molecule has 3 aromatic rings. The van der Waals surface area contributed by atoms with E-state index in [9.17, 15) is 0 Å². The number of pyridine rings is 1. The van der Waals surface area contributed by atoms with Crippen LogP contribution in [0.15, 0.2) is 54.6 Å². The largest absolute Gasteiger partial charge is 0.248 e. The number of rotatable bonds is 8. The molecule has 25 heavy (non-hydrogen) atoms. The Bertz CT molecular complexity index is 802. The summed E-state index contributed by atoms with van der Waals surface area (Å²) in [6.45, 7) is 4.49. The number of aryl methyl sites for hydroxylation is 2. The van der Waals surface area contributed by atoms with E-state index in [0.717, 1.165) is 17.6 Å². The second-order valence-electron chi connectivity index (χ2n) is 6.98. The lowest BCUT2D eigenvalue weighted by Gasteiger charge is -2.07. The Morgan fingerprint density at radius 2 is 1.40 bits per heavy atom. The Hall–Kier alpha value is -2.15. The van der Waals surface area contributed by atoms with Crippen LogP contribution in [-0.4, -0.2) is 4.98 Å². The van der Waals surface area contributed by atoms with Gasteiger partial charge in [-0.2, -0.15) is 0 Å². The van der Waals surface area contributed by atoms with Crippen molar-refractivity contribution in [1.82, 2.24) is 4.98 Å². The number of hydrogen-bond acceptors (Lipinski definition) is 1. The number of benzene rings is 2. The van der Waals surface area contributed by atoms with Crippen LogP contribution in [0.3, 0.4) is 0 Å². The van der Waals surface area contributed by atoms with E-state index in [4.69, 9.17) is 4.98 Å². The van der Waals surface area contributed by atoms with Crippen LogP contribution in [0.2, 0.25) is 0 Å². The third kappa shape index (κ3) is 4.69. The van der Waals surface area contributed by atoms with Gasteiger partial charge in [0.25, 0.3) is 0 Å². The molecular weight excluding hydrogens is 302 g/mol. The van der Waals surface area contributed by atoms with Crippen molar-refractivity contribution < 1.29 is 0 Å². The van der Waals surface area contributed by atoms with Crippen molar-refractivity contribution in [1.29, 1.82) is 0 Å². The molecule has 0 N–H and O–H groups in total. The van der Waals surface area contributed by atoms with Crippen molar-refractivity contribution in [2.75, 3.05) is 0 Å². The first-order valence-electron chi connectivity index (χ1n) is 9.79. The fourth-order valence-electron chi connectivity index (χ4n) is 3.29. The van der Waals surface area contributed by atoms with E-state index in [1.165, 1.54) is 60.6 Å². The fourth-order valence-corrected chi connectivity index (χ4v) is 3.29. The molecule has 0 spiro atoms. The first kappa shape index (κ1) is 17.7. The summed E-state index contributed by atoms with van der Waals surface area (Å²) in [5.74, 6) is 0. The van der Waals surface area contributed by atoms with Crippen LogP contribution >= 0.6 is 0 Å². The van der Waals surface area contributed by atoms with Crippen molar-refractivity contribution in [2.45, 2.75) is 58.8 Å². The molecule has 0 aliphatic heterocycles. The maximum atomic E-state index is 4.87. The predicted molar refractivity (Wildman–Crippen MR) is 109 cm³/mol. The van der Waals surface area contributed by atoms with Gasteiger partial charge in [0.15, 0.2) is 0 Å². The van der Waals surface area contributed by atoms with Crippen LogP contribution in [0.5, 0.6) is 0 Å². The second-order valence-corrected chi connectivity index (χ2v) is 6.98. The van der Waals surface area contributed by atoms with Gasteiger partial charge in [0.2, 0.25) is 0 Å². The topological polar surface area (TPSA) is 12.9 Å². The van der Waals surface area contributed by atoms with Crippen molar-refractivity contribution in [3.05, 3.63) is 65.7 Å². The lowest BCUT2D eigenvalue weighted by atomic mass is 10.0. The van der Waals surface area contributed by atoms with Gasteiger partial charge in [0.05, 0.1) is 11.2 Å². The average Bonchev–Trinajstić information content (AvgIpc) is 2.66. The maximum absolute atomic E-state index is 4.87. The summed E-state index contributed by atoms with van der Waals surface area (Å²) in [6, 6.07) is 20.0. The summed E-state index contributed by atoms with van der Waals surface area (Å²) in [7, 11) is 0. The zero-order chi connectivity index (χ0) is 17.5. The fraction of sp³-hybridized carbons (Fsp3) is 0.375. The molecule has 1 nitrogen and oxygen atoms in total. The average molecular weight is 332 g/mol. The molecule has 130 valence electrons. The highest BCUT2D eigenvalue weighted by Gasteiger charge is 2.03. The summed E-state index contributed by atoms with van der Waals surface area (Å²) in [6.07, 6.45) is 8.71. The minimum atomic E-state index is 1.06. The predicted octanol–water partition coefficient (Wildman–Crippen LogP) is 6.98. The molecule has 0 amide bonds. The zero-order valence-electron chi connectivity index (χ0n) is 15.6. The Morgan fingerprint density at radius 3 is 2.16 bits per heavy atom. The highest BCUT2D eigenvalue weighted by Crippen LogP contribution is 2.23. The van der Waals surface area contributed by atoms with E-state index >= 15 is 0 Å². The number of nitrogens with zero attached hydrogens (tertiary/aromatic N) is 1. The normalized spacial score (nSPS) is 11.1. The number of aromatic nitrogens is 1. The molecule has 0 radical (unpaired) electrons. The lowest BCUT2D eigenvalue weighted by molar-refractivity contribution is 0.717. The number of fused-ring (bicyclic) bond motifs is 1. The van der Waals surface area contributed by atoms with Gasteiger partial charge in [-0.3, -0.25) is 0 Å². The monoisotopic (exact) mass is 331 g/mol. The highest BCUT2D eigenvalue weighted by molar-refractivity contribution is 5.82. The quantitative estimate of drug-likeness (QED) is 0.406. The smallest absolute Gasteiger partial charge is 0.0709 e. The van der Waals surface area contributed by atoms with Crippen molar-refractivity contribution >= 4 is 10.9 Å². The molecule has 0 atom stereocenters. The van der Waals surface area contributed by atoms with Crippen LogP contribution < -0.4 is 0 Å². The van der Waals surface area contributed by atoms with Crippen LogP contribution in [-0.2, 0) is 12.8 Å². The first-order valence-corrected chi connectivity index (χ1v) is 9.79. The standard InChI is InChI=1S/C24H29N/c1-3-5-7-9-19-10-13-21(14-11-19)23-17-15-22-18-20(8-6-4-2)12-16-24(22)25-23/h10-18H,3-9H2,1-2H3. The molecule has 0 fully saturated rings. The van der Waals surface area contributed by atoms with Gasteiger partial charge < -0.3 is 0 Å². The first-order chi connectivity index (χ1) is 12.3. The maximum Gasteiger partial charge on any atom is 0.0709 e. The summed E-state index contributed by atoms with van der Waals surface area (Å²) >= 11 is 0. The lowest BCUT2D eigenvalue weighted by Crippen LogP contribution is -1.90. The van der Waals surface area contributed by atoms with E-state index in [0.29, 0.717) is 0 Å². The number of unbranched alkanes of at least 4 members (excludes halogenated alkanes) is 3. The summed E-state index contributed by atoms with van der Waals surface area (Å²) < 4.78 is 0. The number of hydrogen-bond donors (Lipinski definition) is 0. The van der Waals surface area contributed by atoms with Crippen molar-refractivity contribution in [2.24, 2.45) is 0 Å². The van der Waals surface area contributed by atoms with Gasteiger partial charge in [-0.1, -0.05) is 69.5 Å². The summed E-state index contributed by atoms with van der Waals surface area (Å²) in [5, 5.41) is 1.24. The van der Waals surface area contributed by atoms with Crippen LogP contribution in [0.25, 0.3) is 22.2 Å². The molecule has 0 aliphatic rings. The van der Waals surface area contributed by atoms with E-state index in [1.54, 1.807) is 0 Å². The van der Waals surface area contributed by atoms with E-state index in [2.05, 4.69) is 68.4 Å². The molecule has 0 saturated heterocycles. The van der Waals surface area contributed by atoms with Crippen molar-refractivity contribution in [3.63, 3.8) is 0 Å². The Kier molecular flexibility index (Phi) is 6.22. The SMILES string of the molecule is CCCCCc1ccc(-c2ccc3cc(CCCC)ccc3n2)cc1. The van der Waals surface area contributed by atoms with Crippen LogP contribution in [0, 0.1) is 0 Å². The highest BCUT2D eigenvalue weighted by atomic mass is 14.7. The molecule has 0 aliphatic carbocycles. The molecule has 0 saturated carbocycles. The molecule has 1 aromatic heterocycles. The van der Waals surface area contributed by atoms with Gasteiger partial charge in [0.1, 0.15) is 0 Å². The van der Waals surface area contributed by atoms with Gasteiger partial charge in [-0.25, -0.2) is 4.98 Å². The third-order valence-corrected chi connectivity index (χ3v) is 4.89. The second kappa shape index (κ2) is 8.80.